The molecule has 0 aromatic heterocycles. The van der Waals surface area contributed by atoms with Crippen LogP contribution in [0, 0.1) is 0 Å². The van der Waals surface area contributed by atoms with Gasteiger partial charge in [-0.25, -0.2) is 9.59 Å². The van der Waals surface area contributed by atoms with Gasteiger partial charge in [-0.3, -0.25) is 4.79 Å². The molecule has 3 N–H and O–H groups in total. The van der Waals surface area contributed by atoms with Gasteiger partial charge in [0.05, 0.1) is 6.42 Å². The highest BCUT2D eigenvalue weighted by Crippen LogP contribution is 1.86. The van der Waals surface area contributed by atoms with Crippen molar-refractivity contribution in [3.63, 3.8) is 0 Å². The van der Waals surface area contributed by atoms with Gasteiger partial charge in [-0.1, -0.05) is 12.7 Å². The van der Waals surface area contributed by atoms with Crippen LogP contribution < -0.4 is 0 Å². The van der Waals surface area contributed by atoms with Crippen LogP contribution in [-0.2, 0) is 14.4 Å². The van der Waals surface area contributed by atoms with E-state index in [-0.39, 0.29) is 6.42 Å². The van der Waals surface area contributed by atoms with Crippen LogP contribution >= 0.6 is 0 Å². The van der Waals surface area contributed by atoms with Crippen LogP contribution in [0.1, 0.15) is 6.42 Å². The lowest BCUT2D eigenvalue weighted by molar-refractivity contribution is -0.140. The van der Waals surface area contributed by atoms with Crippen molar-refractivity contribution in [3.05, 3.63) is 24.8 Å². The first-order valence-corrected chi connectivity index (χ1v) is 3.31. The maximum atomic E-state index is 9.66. The van der Waals surface area contributed by atoms with Crippen molar-refractivity contribution in [2.75, 3.05) is 0 Å². The van der Waals surface area contributed by atoms with Crippen LogP contribution in [0.5, 0.6) is 0 Å². The Hall–Kier alpha value is -2.11. The number of aliphatic carboxylic acids is 3. The van der Waals surface area contributed by atoms with Gasteiger partial charge in [0.15, 0.2) is 0 Å². The summed E-state index contributed by atoms with van der Waals surface area (Å²) in [7, 11) is 0. The van der Waals surface area contributed by atoms with Crippen molar-refractivity contribution in [2.24, 2.45) is 0 Å². The Morgan fingerprint density at radius 3 is 1.43 bits per heavy atom. The van der Waals surface area contributed by atoms with E-state index in [0.717, 1.165) is 0 Å². The number of rotatable bonds is 4. The van der Waals surface area contributed by atoms with E-state index >= 15 is 0 Å². The quantitative estimate of drug-likeness (QED) is 0.262. The molecule has 0 rings (SSSR count). The zero-order valence-electron chi connectivity index (χ0n) is 7.27. The SMILES string of the molecule is C=C(C(=O)O)C(=O)O.C=CCC(=O)O. The summed E-state index contributed by atoms with van der Waals surface area (Å²) in [5.74, 6) is -3.83. The normalized spacial score (nSPS) is 7.71. The van der Waals surface area contributed by atoms with Crippen LogP contribution in [0.25, 0.3) is 0 Å². The molecule has 0 aliphatic rings. The summed E-state index contributed by atoms with van der Waals surface area (Å²) in [6.07, 6.45) is 1.41. The molecule has 0 unspecified atom stereocenters. The Balaban J connectivity index is 0. The van der Waals surface area contributed by atoms with Crippen LogP contribution in [0.3, 0.4) is 0 Å². The Labute approximate surface area is 79.8 Å². The summed E-state index contributed by atoms with van der Waals surface area (Å²) in [5.41, 5.74) is -0.815. The zero-order chi connectivity index (χ0) is 11.7. The molecule has 6 nitrogen and oxygen atoms in total. The Morgan fingerprint density at radius 1 is 1.07 bits per heavy atom. The van der Waals surface area contributed by atoms with Gasteiger partial charge in [0.2, 0.25) is 0 Å². The van der Waals surface area contributed by atoms with Crippen molar-refractivity contribution in [3.8, 4) is 0 Å². The van der Waals surface area contributed by atoms with Crippen LogP contribution in [0.4, 0.5) is 0 Å². The molecule has 0 bridgehead atoms. The van der Waals surface area contributed by atoms with E-state index in [1.54, 1.807) is 0 Å². The second-order valence-corrected chi connectivity index (χ2v) is 1.98. The molecule has 14 heavy (non-hydrogen) atoms. The number of hydrogen-bond acceptors (Lipinski definition) is 3. The highest BCUT2D eigenvalue weighted by atomic mass is 16.4. The standard InChI is InChI=1S/C4H4O4.C4H6O2/c1-2(3(5)6)4(7)8;1-2-3-4(5)6/h1H2,(H,5,6)(H,7,8);2H,1,3H2,(H,5,6). The topological polar surface area (TPSA) is 112 Å². The van der Waals surface area contributed by atoms with E-state index in [1.165, 1.54) is 6.08 Å². The predicted octanol–water partition coefficient (Wildman–Crippen LogP) is 0.359. The van der Waals surface area contributed by atoms with Crippen LogP contribution in [-0.4, -0.2) is 33.2 Å². The Morgan fingerprint density at radius 2 is 1.43 bits per heavy atom. The van der Waals surface area contributed by atoms with Crippen molar-refractivity contribution < 1.29 is 29.7 Å². The summed E-state index contributed by atoms with van der Waals surface area (Å²) in [6.45, 7) is 5.97. The summed E-state index contributed by atoms with van der Waals surface area (Å²) >= 11 is 0. The average Bonchev–Trinajstić information content (AvgIpc) is 2.03. The highest BCUT2D eigenvalue weighted by molar-refractivity contribution is 6.11. The minimum Gasteiger partial charge on any atom is -0.481 e. The molecule has 6 heteroatoms. The molecule has 0 aromatic carbocycles. The van der Waals surface area contributed by atoms with E-state index < -0.39 is 23.5 Å². The van der Waals surface area contributed by atoms with Crippen LogP contribution in [0.15, 0.2) is 24.8 Å². The van der Waals surface area contributed by atoms with Crippen molar-refractivity contribution >= 4 is 17.9 Å². The van der Waals surface area contributed by atoms with E-state index in [2.05, 4.69) is 13.2 Å². The fourth-order valence-electron chi connectivity index (χ4n) is 0.215. The lowest BCUT2D eigenvalue weighted by Gasteiger charge is -1.86. The summed E-state index contributed by atoms with van der Waals surface area (Å²) in [6, 6.07) is 0. The first kappa shape index (κ1) is 14.4. The third-order valence-electron chi connectivity index (χ3n) is 0.835. The van der Waals surface area contributed by atoms with E-state index in [0.29, 0.717) is 0 Å². The van der Waals surface area contributed by atoms with Gasteiger partial charge >= 0.3 is 17.9 Å². The zero-order valence-corrected chi connectivity index (χ0v) is 7.27. The minimum absolute atomic E-state index is 0.0556. The van der Waals surface area contributed by atoms with Gasteiger partial charge in [0.25, 0.3) is 0 Å². The lowest BCUT2D eigenvalue weighted by Crippen LogP contribution is -2.08. The van der Waals surface area contributed by atoms with E-state index in [4.69, 9.17) is 15.3 Å². The fraction of sp³-hybridized carbons (Fsp3) is 0.125. The monoisotopic (exact) mass is 202 g/mol. The number of carboxylic acid groups (broad SMARTS) is 3. The largest absolute Gasteiger partial charge is 0.481 e. The molecule has 0 saturated carbocycles. The summed E-state index contributed by atoms with van der Waals surface area (Å²) in [5, 5.41) is 23.6. The lowest BCUT2D eigenvalue weighted by atomic mass is 10.3. The molecule has 0 aliphatic carbocycles. The Bertz CT molecular complexity index is 249. The second-order valence-electron chi connectivity index (χ2n) is 1.98. The summed E-state index contributed by atoms with van der Waals surface area (Å²) < 4.78 is 0. The number of hydrogen-bond donors (Lipinski definition) is 3. The number of carboxylic acids is 3. The van der Waals surface area contributed by atoms with Gasteiger partial charge in [0.1, 0.15) is 5.57 Å². The highest BCUT2D eigenvalue weighted by Gasteiger charge is 2.10. The molecule has 0 aromatic rings. The molecular formula is C8H10O6. The molecule has 0 radical (unpaired) electrons. The maximum absolute atomic E-state index is 9.66. The second kappa shape index (κ2) is 7.53. The van der Waals surface area contributed by atoms with Crippen molar-refractivity contribution in [1.29, 1.82) is 0 Å². The molecule has 0 amide bonds. The molecular weight excluding hydrogens is 192 g/mol. The molecule has 0 atom stereocenters. The van der Waals surface area contributed by atoms with Crippen molar-refractivity contribution in [1.82, 2.24) is 0 Å². The average molecular weight is 202 g/mol. The molecule has 0 spiro atoms. The summed E-state index contributed by atoms with van der Waals surface area (Å²) in [4.78, 5) is 28.8. The van der Waals surface area contributed by atoms with Gasteiger partial charge < -0.3 is 15.3 Å². The molecule has 0 aliphatic heterocycles. The maximum Gasteiger partial charge on any atom is 0.342 e. The number of carbonyl (C=O) groups is 3. The van der Waals surface area contributed by atoms with Gasteiger partial charge in [0, 0.05) is 0 Å². The molecule has 0 heterocycles. The first-order chi connectivity index (χ1) is 6.32. The third-order valence-corrected chi connectivity index (χ3v) is 0.835. The fourth-order valence-corrected chi connectivity index (χ4v) is 0.215. The van der Waals surface area contributed by atoms with Crippen LogP contribution in [0.2, 0.25) is 0 Å². The van der Waals surface area contributed by atoms with E-state index in [9.17, 15) is 14.4 Å². The predicted molar refractivity (Wildman–Crippen MR) is 46.9 cm³/mol. The van der Waals surface area contributed by atoms with Gasteiger partial charge in [-0.15, -0.1) is 6.58 Å². The van der Waals surface area contributed by atoms with E-state index in [1.807, 2.05) is 0 Å². The Kier molecular flexibility index (Phi) is 7.76. The van der Waals surface area contributed by atoms with Crippen molar-refractivity contribution in [2.45, 2.75) is 6.42 Å². The molecule has 0 saturated heterocycles. The van der Waals surface area contributed by atoms with Gasteiger partial charge in [-0.2, -0.15) is 0 Å². The molecule has 78 valence electrons. The minimum atomic E-state index is -1.50. The smallest absolute Gasteiger partial charge is 0.342 e. The third kappa shape index (κ3) is 9.89. The first-order valence-electron chi connectivity index (χ1n) is 3.31. The van der Waals surface area contributed by atoms with Gasteiger partial charge in [-0.05, 0) is 0 Å². The molecule has 0 fully saturated rings.